The molecule has 11 nitrogen and oxygen atoms in total. The normalized spacial score (nSPS) is 18.7. The zero-order chi connectivity index (χ0) is 26.1. The molecule has 2 saturated heterocycles. The number of halogens is 3. The van der Waals surface area contributed by atoms with Gasteiger partial charge in [-0.15, -0.1) is 5.10 Å². The summed E-state index contributed by atoms with van der Waals surface area (Å²) in [5, 5.41) is 11.8. The number of nitrogens with zero attached hydrogens (tertiary/aromatic N) is 8. The third kappa shape index (κ3) is 4.88. The molecule has 6 rings (SSSR count). The Morgan fingerprint density at radius 2 is 1.82 bits per heavy atom. The Kier molecular flexibility index (Phi) is 6.57. The SMILES string of the molecule is FC(F)(F)c1cnn2c(NCc3nc(-c4ccccc4)nn3C3CCCCO3)nc(N3CCOCC3)nc12. The molecule has 0 bridgehead atoms. The summed E-state index contributed by atoms with van der Waals surface area (Å²) in [6.45, 7) is 2.58. The number of alkyl halides is 3. The minimum absolute atomic E-state index is 0.118. The highest BCUT2D eigenvalue weighted by Gasteiger charge is 2.36. The largest absolute Gasteiger partial charge is 0.421 e. The van der Waals surface area contributed by atoms with Crippen LogP contribution in [0.4, 0.5) is 25.1 Å². The highest BCUT2D eigenvalue weighted by Crippen LogP contribution is 2.33. The van der Waals surface area contributed by atoms with E-state index in [0.29, 0.717) is 44.6 Å². The van der Waals surface area contributed by atoms with Crippen molar-refractivity contribution >= 4 is 17.5 Å². The summed E-state index contributed by atoms with van der Waals surface area (Å²) in [5.74, 6) is 1.40. The molecule has 2 aliphatic heterocycles. The van der Waals surface area contributed by atoms with Gasteiger partial charge in [0.25, 0.3) is 0 Å². The maximum atomic E-state index is 13.7. The molecule has 14 heteroatoms. The van der Waals surface area contributed by atoms with Crippen LogP contribution in [0.25, 0.3) is 17.0 Å². The van der Waals surface area contributed by atoms with E-state index in [2.05, 4.69) is 20.4 Å². The Balaban J connectivity index is 1.36. The fourth-order valence-corrected chi connectivity index (χ4v) is 4.58. The molecule has 1 atom stereocenters. The number of morpholine rings is 1. The van der Waals surface area contributed by atoms with Crippen molar-refractivity contribution in [2.75, 3.05) is 43.1 Å². The topological polar surface area (TPSA) is 108 Å². The first kappa shape index (κ1) is 24.6. The van der Waals surface area contributed by atoms with Crippen molar-refractivity contribution in [1.29, 1.82) is 0 Å². The van der Waals surface area contributed by atoms with Gasteiger partial charge in [-0.05, 0) is 19.3 Å². The molecule has 5 heterocycles. The lowest BCUT2D eigenvalue weighted by Gasteiger charge is -2.27. The standard InChI is InChI=1S/C24H26F3N9O2/c25-24(26,27)17-14-29-36-21(17)31-23(34-9-12-37-13-10-34)32-22(36)28-15-18-30-20(16-6-2-1-3-7-16)33-35(18)19-8-4-5-11-38-19/h1-3,6-7,14,19H,4-5,8-13,15H2,(H,28,31,32). The Labute approximate surface area is 215 Å². The molecule has 0 spiro atoms. The number of hydrogen-bond donors (Lipinski definition) is 1. The molecule has 1 N–H and O–H groups in total. The Hall–Kier alpha value is -3.78. The van der Waals surface area contributed by atoms with Crippen molar-refractivity contribution in [3.05, 3.63) is 47.9 Å². The van der Waals surface area contributed by atoms with Gasteiger partial charge in [0.15, 0.2) is 17.7 Å². The van der Waals surface area contributed by atoms with Gasteiger partial charge in [-0.3, -0.25) is 0 Å². The number of benzene rings is 1. The van der Waals surface area contributed by atoms with Gasteiger partial charge < -0.3 is 19.7 Å². The van der Waals surface area contributed by atoms with Crippen molar-refractivity contribution in [3.8, 4) is 11.4 Å². The number of hydrogen-bond acceptors (Lipinski definition) is 9. The van der Waals surface area contributed by atoms with Gasteiger partial charge >= 0.3 is 6.18 Å². The first-order valence-electron chi connectivity index (χ1n) is 12.5. The molecular weight excluding hydrogens is 503 g/mol. The molecule has 1 aromatic carbocycles. The predicted octanol–water partition coefficient (Wildman–Crippen LogP) is 3.55. The van der Waals surface area contributed by atoms with E-state index >= 15 is 0 Å². The molecule has 0 radical (unpaired) electrons. The maximum Gasteiger partial charge on any atom is 0.421 e. The van der Waals surface area contributed by atoms with Gasteiger partial charge in [0.2, 0.25) is 11.9 Å². The van der Waals surface area contributed by atoms with Crippen molar-refractivity contribution in [3.63, 3.8) is 0 Å². The lowest BCUT2D eigenvalue weighted by molar-refractivity contribution is -0.136. The summed E-state index contributed by atoms with van der Waals surface area (Å²) < 4.78 is 55.3. The number of aromatic nitrogens is 7. The second-order valence-electron chi connectivity index (χ2n) is 9.08. The number of fused-ring (bicyclic) bond motifs is 1. The monoisotopic (exact) mass is 529 g/mol. The van der Waals surface area contributed by atoms with Gasteiger partial charge in [0, 0.05) is 25.3 Å². The molecule has 1 unspecified atom stereocenters. The quantitative estimate of drug-likeness (QED) is 0.401. The molecule has 0 amide bonds. The molecule has 38 heavy (non-hydrogen) atoms. The lowest BCUT2D eigenvalue weighted by Crippen LogP contribution is -2.37. The van der Waals surface area contributed by atoms with Crippen LogP contribution in [-0.4, -0.2) is 67.3 Å². The van der Waals surface area contributed by atoms with Crippen molar-refractivity contribution in [1.82, 2.24) is 34.3 Å². The Morgan fingerprint density at radius 1 is 1.00 bits per heavy atom. The van der Waals surface area contributed by atoms with Crippen molar-refractivity contribution in [2.45, 2.75) is 38.2 Å². The fraction of sp³-hybridized carbons (Fsp3) is 0.458. The van der Waals surface area contributed by atoms with E-state index in [-0.39, 0.29) is 30.3 Å². The minimum atomic E-state index is -4.61. The van der Waals surface area contributed by atoms with Crippen LogP contribution in [0, 0.1) is 0 Å². The molecule has 3 aromatic heterocycles. The van der Waals surface area contributed by atoms with Gasteiger partial charge in [-0.2, -0.15) is 32.8 Å². The molecule has 200 valence electrons. The van der Waals surface area contributed by atoms with Gasteiger partial charge in [0.05, 0.1) is 26.0 Å². The highest BCUT2D eigenvalue weighted by atomic mass is 19.4. The van der Waals surface area contributed by atoms with Crippen molar-refractivity contribution < 1.29 is 22.6 Å². The number of ether oxygens (including phenoxy) is 2. The van der Waals surface area contributed by atoms with Crippen LogP contribution in [0.1, 0.15) is 36.9 Å². The molecule has 4 aromatic rings. The van der Waals surface area contributed by atoms with Crippen LogP contribution in [0.3, 0.4) is 0 Å². The fourth-order valence-electron chi connectivity index (χ4n) is 4.58. The molecule has 0 aliphatic carbocycles. The summed E-state index contributed by atoms with van der Waals surface area (Å²) in [6, 6.07) is 9.57. The average molecular weight is 530 g/mol. The third-order valence-electron chi connectivity index (χ3n) is 6.52. The van der Waals surface area contributed by atoms with Gasteiger partial charge in [-0.1, -0.05) is 30.3 Å². The zero-order valence-corrected chi connectivity index (χ0v) is 20.4. The van der Waals surface area contributed by atoms with E-state index in [1.54, 1.807) is 9.58 Å². The van der Waals surface area contributed by atoms with Crippen LogP contribution in [-0.2, 0) is 22.2 Å². The summed E-state index contributed by atoms with van der Waals surface area (Å²) >= 11 is 0. The molecule has 0 saturated carbocycles. The van der Waals surface area contributed by atoms with Crippen LogP contribution in [0.5, 0.6) is 0 Å². The van der Waals surface area contributed by atoms with Gasteiger partial charge in [-0.25, -0.2) is 9.67 Å². The third-order valence-corrected chi connectivity index (χ3v) is 6.52. The molecular formula is C24H26F3N9O2. The van der Waals surface area contributed by atoms with Crippen LogP contribution < -0.4 is 10.2 Å². The zero-order valence-electron chi connectivity index (χ0n) is 20.4. The van der Waals surface area contributed by atoms with Crippen LogP contribution in [0.2, 0.25) is 0 Å². The van der Waals surface area contributed by atoms with Crippen LogP contribution in [0.15, 0.2) is 36.5 Å². The predicted molar refractivity (Wildman–Crippen MR) is 130 cm³/mol. The first-order chi connectivity index (χ1) is 18.5. The van der Waals surface area contributed by atoms with E-state index in [9.17, 15) is 13.2 Å². The lowest BCUT2D eigenvalue weighted by atomic mass is 10.2. The molecule has 2 aliphatic rings. The Morgan fingerprint density at radius 3 is 2.55 bits per heavy atom. The summed E-state index contributed by atoms with van der Waals surface area (Å²) in [7, 11) is 0. The Bertz CT molecular complexity index is 1390. The van der Waals surface area contributed by atoms with Gasteiger partial charge in [0.1, 0.15) is 11.4 Å². The van der Waals surface area contributed by atoms with Crippen molar-refractivity contribution in [2.24, 2.45) is 0 Å². The number of nitrogens with one attached hydrogen (secondary N) is 1. The summed E-state index contributed by atoms with van der Waals surface area (Å²) in [6.07, 6.45) is -1.35. The summed E-state index contributed by atoms with van der Waals surface area (Å²) in [5.41, 5.74) is -0.398. The van der Waals surface area contributed by atoms with E-state index < -0.39 is 11.7 Å². The van der Waals surface area contributed by atoms with Crippen LogP contribution >= 0.6 is 0 Å². The molecule has 2 fully saturated rings. The van der Waals surface area contributed by atoms with E-state index in [4.69, 9.17) is 19.6 Å². The summed E-state index contributed by atoms with van der Waals surface area (Å²) in [4.78, 5) is 15.3. The maximum absolute atomic E-state index is 13.7. The number of rotatable bonds is 6. The minimum Gasteiger partial charge on any atom is -0.378 e. The van der Waals surface area contributed by atoms with E-state index in [1.807, 2.05) is 30.3 Å². The second kappa shape index (κ2) is 10.2. The first-order valence-corrected chi connectivity index (χ1v) is 12.5. The van der Waals surface area contributed by atoms with E-state index in [0.717, 1.165) is 35.5 Å². The second-order valence-corrected chi connectivity index (χ2v) is 9.08. The average Bonchev–Trinajstić information content (AvgIpc) is 3.58. The highest BCUT2D eigenvalue weighted by molar-refractivity contribution is 5.57. The number of anilines is 2. The smallest absolute Gasteiger partial charge is 0.378 e. The van der Waals surface area contributed by atoms with E-state index in [1.165, 1.54) is 0 Å².